The first-order valence-corrected chi connectivity index (χ1v) is 6.63. The van der Waals surface area contributed by atoms with Gasteiger partial charge in [0.1, 0.15) is 5.56 Å². The number of carbonyl (C=O) groups is 1. The fourth-order valence-electron chi connectivity index (χ4n) is 1.32. The number of carboxylic acids is 1. The maximum absolute atomic E-state index is 13.5. The van der Waals surface area contributed by atoms with Gasteiger partial charge in [-0.05, 0) is 6.42 Å². The van der Waals surface area contributed by atoms with Gasteiger partial charge in [-0.1, -0.05) is 31.9 Å². The van der Waals surface area contributed by atoms with Crippen molar-refractivity contribution in [3.05, 3.63) is 34.4 Å². The molecular weight excluding hydrogens is 388 g/mol. The second-order valence-corrected chi connectivity index (χ2v) is 5.31. The third-order valence-electron chi connectivity index (χ3n) is 2.16. The SMILES string of the molecule is O=C(O)c1c(F)c(F)c(CC(Br)CBr)c(F)c1F. The molecule has 0 fully saturated rings. The van der Waals surface area contributed by atoms with Crippen molar-refractivity contribution in [1.29, 1.82) is 0 Å². The second kappa shape index (κ2) is 6.01. The average molecular weight is 394 g/mol. The summed E-state index contributed by atoms with van der Waals surface area (Å²) in [5.74, 6) is -9.23. The van der Waals surface area contributed by atoms with E-state index in [1.165, 1.54) is 0 Å². The zero-order chi connectivity index (χ0) is 14.0. The van der Waals surface area contributed by atoms with Gasteiger partial charge < -0.3 is 5.11 Å². The maximum Gasteiger partial charge on any atom is 0.341 e. The van der Waals surface area contributed by atoms with E-state index in [4.69, 9.17) is 5.11 Å². The molecule has 1 N–H and O–H groups in total. The summed E-state index contributed by atoms with van der Waals surface area (Å²) >= 11 is 6.06. The maximum atomic E-state index is 13.5. The van der Waals surface area contributed by atoms with Crippen LogP contribution in [-0.4, -0.2) is 21.2 Å². The molecule has 0 bridgehead atoms. The van der Waals surface area contributed by atoms with Gasteiger partial charge in [0.15, 0.2) is 23.3 Å². The summed E-state index contributed by atoms with van der Waals surface area (Å²) in [6.07, 6.45) is -0.323. The largest absolute Gasteiger partial charge is 0.477 e. The van der Waals surface area contributed by atoms with Gasteiger partial charge in [-0.15, -0.1) is 0 Å². The average Bonchev–Trinajstić information content (AvgIpc) is 2.31. The molecule has 0 amide bonds. The Kier molecular flexibility index (Phi) is 5.15. The van der Waals surface area contributed by atoms with Crippen molar-refractivity contribution in [2.75, 3.05) is 5.33 Å². The Balaban J connectivity index is 3.43. The predicted octanol–water partition coefficient (Wildman–Crippen LogP) is 3.64. The van der Waals surface area contributed by atoms with E-state index in [-0.39, 0.29) is 6.42 Å². The number of aromatic carboxylic acids is 1. The topological polar surface area (TPSA) is 37.3 Å². The Labute approximate surface area is 116 Å². The summed E-state index contributed by atoms with van der Waals surface area (Å²) in [5.41, 5.74) is -2.45. The first kappa shape index (κ1) is 15.4. The van der Waals surface area contributed by atoms with Crippen LogP contribution in [0.2, 0.25) is 0 Å². The Morgan fingerprint density at radius 2 is 1.56 bits per heavy atom. The van der Waals surface area contributed by atoms with Crippen molar-refractivity contribution < 1.29 is 27.5 Å². The zero-order valence-electron chi connectivity index (χ0n) is 8.61. The zero-order valence-corrected chi connectivity index (χ0v) is 11.8. The molecule has 0 aliphatic carbocycles. The molecule has 100 valence electrons. The number of alkyl halides is 2. The minimum absolute atomic E-state index is 0.301. The first-order chi connectivity index (χ1) is 8.31. The van der Waals surface area contributed by atoms with E-state index in [2.05, 4.69) is 31.9 Å². The molecule has 8 heteroatoms. The molecule has 0 heterocycles. The van der Waals surface area contributed by atoms with Gasteiger partial charge in [-0.25, -0.2) is 22.4 Å². The lowest BCUT2D eigenvalue weighted by atomic mass is 10.0. The van der Waals surface area contributed by atoms with E-state index in [1.807, 2.05) is 0 Å². The molecule has 1 rings (SSSR count). The van der Waals surface area contributed by atoms with Crippen molar-refractivity contribution in [2.24, 2.45) is 0 Å². The molecule has 0 aromatic heterocycles. The van der Waals surface area contributed by atoms with Gasteiger partial charge in [-0.2, -0.15) is 0 Å². The number of hydrogen-bond donors (Lipinski definition) is 1. The van der Waals surface area contributed by atoms with Gasteiger partial charge in [0.05, 0.1) is 0 Å². The van der Waals surface area contributed by atoms with Crippen molar-refractivity contribution >= 4 is 37.8 Å². The Morgan fingerprint density at radius 1 is 1.11 bits per heavy atom. The van der Waals surface area contributed by atoms with Crippen LogP contribution >= 0.6 is 31.9 Å². The van der Waals surface area contributed by atoms with Crippen LogP contribution in [0, 0.1) is 23.3 Å². The van der Waals surface area contributed by atoms with Gasteiger partial charge in [0, 0.05) is 15.7 Å². The molecule has 0 radical (unpaired) electrons. The standard InChI is InChI=1S/C10H6Br2F4O2/c11-2-3(12)1-4-6(13)8(15)5(10(17)18)9(16)7(4)14/h3H,1-2H2,(H,17,18). The Hall–Kier alpha value is -0.630. The summed E-state index contributed by atoms with van der Waals surface area (Å²) in [6, 6.07) is 0. The van der Waals surface area contributed by atoms with Crippen LogP contribution in [0.5, 0.6) is 0 Å². The van der Waals surface area contributed by atoms with E-state index < -0.39 is 45.2 Å². The van der Waals surface area contributed by atoms with Crippen molar-refractivity contribution in [1.82, 2.24) is 0 Å². The summed E-state index contributed by atoms with van der Waals surface area (Å²) in [6.45, 7) is 0. The van der Waals surface area contributed by atoms with Crippen LogP contribution in [0.3, 0.4) is 0 Å². The summed E-state index contributed by atoms with van der Waals surface area (Å²) in [7, 11) is 0. The highest BCUT2D eigenvalue weighted by molar-refractivity contribution is 9.12. The fourth-order valence-corrected chi connectivity index (χ4v) is 1.87. The highest BCUT2D eigenvalue weighted by atomic mass is 79.9. The Morgan fingerprint density at radius 3 is 1.89 bits per heavy atom. The Bertz CT molecular complexity index is 464. The molecule has 18 heavy (non-hydrogen) atoms. The summed E-state index contributed by atoms with van der Waals surface area (Å²) < 4.78 is 53.6. The molecule has 1 aromatic rings. The lowest BCUT2D eigenvalue weighted by Crippen LogP contribution is -2.16. The molecule has 2 nitrogen and oxygen atoms in total. The van der Waals surface area contributed by atoms with E-state index in [1.54, 1.807) is 0 Å². The summed E-state index contributed by atoms with van der Waals surface area (Å²) in [4.78, 5) is 10.1. The molecule has 1 atom stereocenters. The summed E-state index contributed by atoms with van der Waals surface area (Å²) in [5, 5.41) is 8.79. The highest BCUT2D eigenvalue weighted by Gasteiger charge is 2.29. The second-order valence-electron chi connectivity index (χ2n) is 3.37. The number of benzene rings is 1. The highest BCUT2D eigenvalue weighted by Crippen LogP contribution is 2.26. The third-order valence-corrected chi connectivity index (χ3v) is 4.46. The normalized spacial score (nSPS) is 12.6. The van der Waals surface area contributed by atoms with E-state index >= 15 is 0 Å². The smallest absolute Gasteiger partial charge is 0.341 e. The lowest BCUT2D eigenvalue weighted by molar-refractivity contribution is 0.0683. The molecule has 0 saturated carbocycles. The molecule has 0 saturated heterocycles. The van der Waals surface area contributed by atoms with Crippen LogP contribution in [0.15, 0.2) is 0 Å². The quantitative estimate of drug-likeness (QED) is 0.481. The number of halogens is 6. The van der Waals surface area contributed by atoms with Crippen LogP contribution in [0.4, 0.5) is 17.6 Å². The van der Waals surface area contributed by atoms with Crippen LogP contribution in [-0.2, 0) is 6.42 Å². The molecule has 1 aromatic carbocycles. The van der Waals surface area contributed by atoms with Gasteiger partial charge in [0.2, 0.25) is 0 Å². The first-order valence-electron chi connectivity index (χ1n) is 4.59. The van der Waals surface area contributed by atoms with E-state index in [9.17, 15) is 22.4 Å². The number of rotatable bonds is 4. The lowest BCUT2D eigenvalue weighted by Gasteiger charge is -2.11. The molecule has 0 aliphatic rings. The fraction of sp³-hybridized carbons (Fsp3) is 0.300. The van der Waals surface area contributed by atoms with Crippen LogP contribution in [0.25, 0.3) is 0 Å². The number of carboxylic acid groups (broad SMARTS) is 1. The van der Waals surface area contributed by atoms with Crippen LogP contribution < -0.4 is 0 Å². The monoisotopic (exact) mass is 392 g/mol. The van der Waals surface area contributed by atoms with Crippen molar-refractivity contribution in [3.8, 4) is 0 Å². The minimum Gasteiger partial charge on any atom is -0.477 e. The van der Waals surface area contributed by atoms with Gasteiger partial charge in [0.25, 0.3) is 0 Å². The van der Waals surface area contributed by atoms with Crippen molar-refractivity contribution in [3.63, 3.8) is 0 Å². The molecule has 0 spiro atoms. The minimum atomic E-state index is -2.06. The van der Waals surface area contributed by atoms with Gasteiger partial charge >= 0.3 is 5.97 Å². The molecular formula is C10H6Br2F4O2. The van der Waals surface area contributed by atoms with Crippen LogP contribution in [0.1, 0.15) is 15.9 Å². The number of hydrogen-bond acceptors (Lipinski definition) is 1. The van der Waals surface area contributed by atoms with E-state index in [0.29, 0.717) is 5.33 Å². The van der Waals surface area contributed by atoms with Gasteiger partial charge in [-0.3, -0.25) is 0 Å². The molecule has 0 aliphatic heterocycles. The predicted molar refractivity (Wildman–Crippen MR) is 63.4 cm³/mol. The third kappa shape index (κ3) is 2.85. The van der Waals surface area contributed by atoms with Crippen molar-refractivity contribution in [2.45, 2.75) is 11.2 Å². The van der Waals surface area contributed by atoms with E-state index in [0.717, 1.165) is 0 Å². The molecule has 1 unspecified atom stereocenters.